The van der Waals surface area contributed by atoms with Gasteiger partial charge in [0.05, 0.1) is 12.8 Å². The van der Waals surface area contributed by atoms with Crippen molar-refractivity contribution in [1.29, 1.82) is 0 Å². The third-order valence-corrected chi connectivity index (χ3v) is 3.14. The Labute approximate surface area is 102 Å². The molecule has 0 saturated carbocycles. The Bertz CT molecular complexity index is 366. The Hall–Kier alpha value is -0.930. The summed E-state index contributed by atoms with van der Waals surface area (Å²) in [6.07, 6.45) is 0. The highest BCUT2D eigenvalue weighted by atomic mass is 35.5. The zero-order valence-corrected chi connectivity index (χ0v) is 11.0. The first-order valence-corrected chi connectivity index (χ1v) is 5.57. The van der Waals surface area contributed by atoms with Crippen molar-refractivity contribution in [2.24, 2.45) is 5.73 Å². The highest BCUT2D eigenvalue weighted by Crippen LogP contribution is 2.33. The summed E-state index contributed by atoms with van der Waals surface area (Å²) in [7, 11) is 3.64. The van der Waals surface area contributed by atoms with Crippen LogP contribution in [0.3, 0.4) is 0 Å². The molecule has 0 aliphatic heterocycles. The van der Waals surface area contributed by atoms with Crippen LogP contribution in [0.15, 0.2) is 18.2 Å². The Kier molecular flexibility index (Phi) is 4.05. The number of anilines is 1. The van der Waals surface area contributed by atoms with Crippen molar-refractivity contribution in [3.8, 4) is 5.75 Å². The Morgan fingerprint density at radius 3 is 2.56 bits per heavy atom. The lowest BCUT2D eigenvalue weighted by Crippen LogP contribution is -2.47. The van der Waals surface area contributed by atoms with Gasteiger partial charge in [0.25, 0.3) is 0 Å². The van der Waals surface area contributed by atoms with Crippen LogP contribution in [0.2, 0.25) is 5.02 Å². The summed E-state index contributed by atoms with van der Waals surface area (Å²) >= 11 is 6.00. The maximum absolute atomic E-state index is 6.00. The monoisotopic (exact) mass is 242 g/mol. The predicted octanol–water partition coefficient (Wildman–Crippen LogP) is 2.52. The number of ether oxygens (including phenoxy) is 1. The fourth-order valence-electron chi connectivity index (χ4n) is 1.39. The van der Waals surface area contributed by atoms with E-state index in [1.54, 1.807) is 7.11 Å². The van der Waals surface area contributed by atoms with Crippen LogP contribution in [0.1, 0.15) is 13.8 Å². The second-order valence-electron chi connectivity index (χ2n) is 4.39. The first kappa shape index (κ1) is 13.1. The van der Waals surface area contributed by atoms with Crippen molar-refractivity contribution in [1.82, 2.24) is 0 Å². The van der Waals surface area contributed by atoms with E-state index in [9.17, 15) is 0 Å². The molecule has 0 aromatic heterocycles. The minimum absolute atomic E-state index is 0.141. The van der Waals surface area contributed by atoms with Crippen molar-refractivity contribution >= 4 is 17.3 Å². The van der Waals surface area contributed by atoms with Gasteiger partial charge in [-0.25, -0.2) is 0 Å². The molecular weight excluding hydrogens is 224 g/mol. The summed E-state index contributed by atoms with van der Waals surface area (Å²) in [4.78, 5) is 2.08. The van der Waals surface area contributed by atoms with Crippen molar-refractivity contribution in [2.75, 3.05) is 25.6 Å². The van der Waals surface area contributed by atoms with Gasteiger partial charge in [0.15, 0.2) is 0 Å². The van der Waals surface area contributed by atoms with Gasteiger partial charge in [-0.1, -0.05) is 11.6 Å². The summed E-state index contributed by atoms with van der Waals surface area (Å²) in [5, 5.41) is 0.690. The standard InChI is InChI=1S/C12H19ClN2O/c1-12(2,8-14)15(3)10-7-9(13)5-6-11(10)16-4/h5-7H,8,14H2,1-4H3. The van der Waals surface area contributed by atoms with Crippen LogP contribution in [-0.4, -0.2) is 26.2 Å². The quantitative estimate of drug-likeness (QED) is 0.882. The lowest BCUT2D eigenvalue weighted by Gasteiger charge is -2.37. The number of methoxy groups -OCH3 is 1. The van der Waals surface area contributed by atoms with Crippen LogP contribution in [-0.2, 0) is 0 Å². The fourth-order valence-corrected chi connectivity index (χ4v) is 1.55. The van der Waals surface area contributed by atoms with Crippen LogP contribution in [0.5, 0.6) is 5.75 Å². The number of nitrogens with two attached hydrogens (primary N) is 1. The van der Waals surface area contributed by atoms with E-state index in [0.717, 1.165) is 11.4 Å². The van der Waals surface area contributed by atoms with E-state index in [2.05, 4.69) is 18.7 Å². The van der Waals surface area contributed by atoms with E-state index < -0.39 is 0 Å². The van der Waals surface area contributed by atoms with Gasteiger partial charge >= 0.3 is 0 Å². The minimum Gasteiger partial charge on any atom is -0.495 e. The summed E-state index contributed by atoms with van der Waals surface area (Å²) in [6.45, 7) is 4.71. The molecule has 0 heterocycles. The summed E-state index contributed by atoms with van der Waals surface area (Å²) in [5.41, 5.74) is 6.57. The van der Waals surface area contributed by atoms with Gasteiger partial charge in [0, 0.05) is 24.2 Å². The average Bonchev–Trinajstić information content (AvgIpc) is 2.28. The number of rotatable bonds is 4. The zero-order valence-electron chi connectivity index (χ0n) is 10.2. The Morgan fingerprint density at radius 2 is 2.06 bits per heavy atom. The predicted molar refractivity (Wildman–Crippen MR) is 69.5 cm³/mol. The summed E-state index contributed by atoms with van der Waals surface area (Å²) < 4.78 is 5.32. The number of hydrogen-bond donors (Lipinski definition) is 1. The lowest BCUT2D eigenvalue weighted by molar-refractivity contribution is 0.408. The topological polar surface area (TPSA) is 38.5 Å². The average molecular weight is 243 g/mol. The molecule has 16 heavy (non-hydrogen) atoms. The number of likely N-dealkylation sites (N-methyl/N-ethyl adjacent to an activating group) is 1. The van der Waals surface area contributed by atoms with Gasteiger partial charge in [-0.3, -0.25) is 0 Å². The van der Waals surface area contributed by atoms with Crippen molar-refractivity contribution in [3.05, 3.63) is 23.2 Å². The van der Waals surface area contributed by atoms with Crippen molar-refractivity contribution in [2.45, 2.75) is 19.4 Å². The van der Waals surface area contributed by atoms with Gasteiger partial charge in [0.1, 0.15) is 5.75 Å². The number of halogens is 1. The van der Waals surface area contributed by atoms with E-state index in [0.29, 0.717) is 11.6 Å². The van der Waals surface area contributed by atoms with Gasteiger partial charge in [-0.2, -0.15) is 0 Å². The Balaban J connectivity index is 3.16. The van der Waals surface area contributed by atoms with Crippen molar-refractivity contribution in [3.63, 3.8) is 0 Å². The van der Waals surface area contributed by atoms with Gasteiger partial charge in [-0.05, 0) is 32.0 Å². The molecule has 0 fully saturated rings. The van der Waals surface area contributed by atoms with Gasteiger partial charge in [0.2, 0.25) is 0 Å². The molecule has 0 bridgehead atoms. The smallest absolute Gasteiger partial charge is 0.142 e. The molecule has 1 rings (SSSR count). The molecule has 0 radical (unpaired) electrons. The lowest BCUT2D eigenvalue weighted by atomic mass is 10.0. The van der Waals surface area contributed by atoms with Crippen molar-refractivity contribution < 1.29 is 4.74 Å². The molecule has 0 aliphatic rings. The summed E-state index contributed by atoms with van der Waals surface area (Å²) in [5.74, 6) is 0.799. The third kappa shape index (κ3) is 2.60. The van der Waals surface area contributed by atoms with E-state index in [1.807, 2.05) is 25.2 Å². The van der Waals surface area contributed by atoms with Crippen LogP contribution in [0.4, 0.5) is 5.69 Å². The van der Waals surface area contributed by atoms with Crippen LogP contribution >= 0.6 is 11.6 Å². The molecule has 0 amide bonds. The molecule has 1 aromatic rings. The van der Waals surface area contributed by atoms with E-state index >= 15 is 0 Å². The molecule has 90 valence electrons. The molecule has 0 aliphatic carbocycles. The number of benzene rings is 1. The highest BCUT2D eigenvalue weighted by Gasteiger charge is 2.24. The minimum atomic E-state index is -0.141. The second-order valence-corrected chi connectivity index (χ2v) is 4.83. The van der Waals surface area contributed by atoms with Crippen LogP contribution in [0.25, 0.3) is 0 Å². The summed E-state index contributed by atoms with van der Waals surface area (Å²) in [6, 6.07) is 5.56. The second kappa shape index (κ2) is 4.93. The molecule has 0 unspecified atom stereocenters. The van der Waals surface area contributed by atoms with Crippen LogP contribution in [0, 0.1) is 0 Å². The van der Waals surface area contributed by atoms with E-state index in [-0.39, 0.29) is 5.54 Å². The molecule has 3 nitrogen and oxygen atoms in total. The normalized spacial score (nSPS) is 11.4. The third-order valence-electron chi connectivity index (χ3n) is 2.91. The fraction of sp³-hybridized carbons (Fsp3) is 0.500. The molecular formula is C12H19ClN2O. The number of nitrogens with zero attached hydrogens (tertiary/aromatic N) is 1. The first-order valence-electron chi connectivity index (χ1n) is 5.20. The highest BCUT2D eigenvalue weighted by molar-refractivity contribution is 6.30. The SMILES string of the molecule is COc1ccc(Cl)cc1N(C)C(C)(C)CN. The molecule has 2 N–H and O–H groups in total. The van der Waals surface area contributed by atoms with Crippen LogP contribution < -0.4 is 15.4 Å². The Morgan fingerprint density at radius 1 is 1.44 bits per heavy atom. The largest absolute Gasteiger partial charge is 0.495 e. The van der Waals surface area contributed by atoms with Gasteiger partial charge < -0.3 is 15.4 Å². The molecule has 1 aromatic carbocycles. The van der Waals surface area contributed by atoms with E-state index in [4.69, 9.17) is 22.1 Å². The maximum Gasteiger partial charge on any atom is 0.142 e. The van der Waals surface area contributed by atoms with Gasteiger partial charge in [-0.15, -0.1) is 0 Å². The molecule has 0 atom stereocenters. The molecule has 0 spiro atoms. The number of hydrogen-bond acceptors (Lipinski definition) is 3. The maximum atomic E-state index is 6.00. The molecule has 0 saturated heterocycles. The van der Waals surface area contributed by atoms with E-state index in [1.165, 1.54) is 0 Å². The first-order chi connectivity index (χ1) is 7.42. The molecule has 4 heteroatoms. The zero-order chi connectivity index (χ0) is 12.3.